The van der Waals surface area contributed by atoms with Crippen LogP contribution < -0.4 is 0 Å². The fourth-order valence-corrected chi connectivity index (χ4v) is 7.38. The van der Waals surface area contributed by atoms with Crippen LogP contribution in [0.2, 0.25) is 0 Å². The van der Waals surface area contributed by atoms with E-state index in [1.165, 1.54) is 70.6 Å². The highest BCUT2D eigenvalue weighted by Gasteiger charge is 2.19. The predicted octanol–water partition coefficient (Wildman–Crippen LogP) is 19.4. The van der Waals surface area contributed by atoms with Crippen LogP contribution in [-0.4, -0.2) is 37.2 Å². The summed E-state index contributed by atoms with van der Waals surface area (Å²) < 4.78 is 16.7. The summed E-state index contributed by atoms with van der Waals surface area (Å²) in [4.78, 5) is 38.0. The molecule has 0 aromatic rings. The first-order valence-electron chi connectivity index (χ1n) is 28.7. The van der Waals surface area contributed by atoms with Crippen molar-refractivity contribution in [3.63, 3.8) is 0 Å². The quantitative estimate of drug-likeness (QED) is 0.0262. The third kappa shape index (κ3) is 56.3. The fourth-order valence-electron chi connectivity index (χ4n) is 7.38. The van der Waals surface area contributed by atoms with E-state index in [9.17, 15) is 14.4 Å². The van der Waals surface area contributed by atoms with Gasteiger partial charge in [0, 0.05) is 19.3 Å². The first-order chi connectivity index (χ1) is 35.0. The van der Waals surface area contributed by atoms with Gasteiger partial charge in [0.1, 0.15) is 13.2 Å². The largest absolute Gasteiger partial charge is 0.462 e. The molecule has 0 saturated heterocycles. The molecule has 0 heterocycles. The highest BCUT2D eigenvalue weighted by atomic mass is 16.6. The number of carbonyl (C=O) groups excluding carboxylic acids is 3. The molecule has 0 rings (SSSR count). The number of unbranched alkanes of at least 4 members (excludes halogenated alkanes) is 17. The van der Waals surface area contributed by atoms with E-state index in [2.05, 4.69) is 142 Å². The lowest BCUT2D eigenvalue weighted by molar-refractivity contribution is -0.166. The van der Waals surface area contributed by atoms with Gasteiger partial charge in [-0.05, 0) is 116 Å². The van der Waals surface area contributed by atoms with Crippen molar-refractivity contribution < 1.29 is 28.6 Å². The number of hydrogen-bond acceptors (Lipinski definition) is 6. The summed E-state index contributed by atoms with van der Waals surface area (Å²) in [6.07, 6.45) is 81.9. The molecule has 6 nitrogen and oxygen atoms in total. The Morgan fingerprint density at radius 1 is 0.296 bits per heavy atom. The van der Waals surface area contributed by atoms with Crippen LogP contribution in [0.1, 0.15) is 239 Å². The minimum Gasteiger partial charge on any atom is -0.462 e. The lowest BCUT2D eigenvalue weighted by atomic mass is 10.1. The molecule has 0 saturated carbocycles. The van der Waals surface area contributed by atoms with Crippen molar-refractivity contribution >= 4 is 17.9 Å². The molecule has 0 amide bonds. The van der Waals surface area contributed by atoms with Crippen molar-refractivity contribution in [1.29, 1.82) is 0 Å². The average Bonchev–Trinajstić information content (AvgIpc) is 3.37. The predicted molar refractivity (Wildman–Crippen MR) is 306 cm³/mol. The summed E-state index contributed by atoms with van der Waals surface area (Å²) in [6, 6.07) is 0. The Hall–Kier alpha value is -4.45. The second kappa shape index (κ2) is 58.1. The first-order valence-corrected chi connectivity index (χ1v) is 28.7. The van der Waals surface area contributed by atoms with E-state index in [0.717, 1.165) is 122 Å². The third-order valence-corrected chi connectivity index (χ3v) is 11.6. The van der Waals surface area contributed by atoms with Crippen LogP contribution >= 0.6 is 0 Å². The molecule has 0 radical (unpaired) electrons. The van der Waals surface area contributed by atoms with Crippen LogP contribution in [0.3, 0.4) is 0 Å². The minimum atomic E-state index is -0.824. The van der Waals surface area contributed by atoms with Crippen LogP contribution in [0.5, 0.6) is 0 Å². The van der Waals surface area contributed by atoms with E-state index in [0.29, 0.717) is 19.3 Å². The number of ether oxygens (including phenoxy) is 3. The van der Waals surface area contributed by atoms with Gasteiger partial charge in [0.2, 0.25) is 0 Å². The maximum atomic E-state index is 12.8. The zero-order valence-corrected chi connectivity index (χ0v) is 45.7. The Morgan fingerprint density at radius 2 is 0.577 bits per heavy atom. The van der Waals surface area contributed by atoms with E-state index >= 15 is 0 Å². The van der Waals surface area contributed by atoms with Crippen LogP contribution in [0.4, 0.5) is 0 Å². The molecule has 0 aliphatic carbocycles. The molecule has 0 aromatic heterocycles. The SMILES string of the molecule is CC/C=C\C/C=C\C/C=C\C/C=C\C/C=C\C/C=C\CCCCCCCCCCCCC(=O)OCC(COC(=O)CCCCCCC/C=C\CCCC)OC(=O)CC/C=C\C/C=C\C/C=C\C/C=C\CC. The number of rotatable bonds is 50. The van der Waals surface area contributed by atoms with Gasteiger partial charge in [0.05, 0.1) is 0 Å². The van der Waals surface area contributed by atoms with Crippen molar-refractivity contribution in [2.45, 2.75) is 245 Å². The normalized spacial score (nSPS) is 13.1. The Kier molecular flexibility index (Phi) is 54.5. The van der Waals surface area contributed by atoms with Crippen LogP contribution in [0.25, 0.3) is 0 Å². The molecular formula is C65H104O6. The van der Waals surface area contributed by atoms with Crippen LogP contribution in [0, 0.1) is 0 Å². The Balaban J connectivity index is 4.29. The van der Waals surface area contributed by atoms with Crippen LogP contribution in [-0.2, 0) is 28.6 Å². The van der Waals surface area contributed by atoms with Gasteiger partial charge < -0.3 is 14.2 Å². The second-order valence-electron chi connectivity index (χ2n) is 18.4. The van der Waals surface area contributed by atoms with Gasteiger partial charge in [-0.2, -0.15) is 0 Å². The molecule has 71 heavy (non-hydrogen) atoms. The third-order valence-electron chi connectivity index (χ3n) is 11.6. The smallest absolute Gasteiger partial charge is 0.306 e. The van der Waals surface area contributed by atoms with Gasteiger partial charge >= 0.3 is 17.9 Å². The maximum Gasteiger partial charge on any atom is 0.306 e. The molecule has 0 aliphatic heterocycles. The van der Waals surface area contributed by atoms with E-state index in [-0.39, 0.29) is 31.6 Å². The van der Waals surface area contributed by atoms with E-state index in [1.54, 1.807) is 0 Å². The van der Waals surface area contributed by atoms with Crippen molar-refractivity contribution in [3.8, 4) is 0 Å². The fraction of sp³-hybridized carbons (Fsp3) is 0.615. The van der Waals surface area contributed by atoms with Gasteiger partial charge in [0.15, 0.2) is 6.10 Å². The summed E-state index contributed by atoms with van der Waals surface area (Å²) in [5, 5.41) is 0. The minimum absolute atomic E-state index is 0.115. The molecule has 0 spiro atoms. The van der Waals surface area contributed by atoms with Gasteiger partial charge in [-0.25, -0.2) is 0 Å². The standard InChI is InChI=1S/C65H104O6/c1-4-7-10-13-16-19-22-24-25-26-27-28-29-30-31-32-33-34-35-36-37-38-39-41-43-46-49-52-55-58-64(67)70-61-62(60-69-63(66)57-54-51-48-45-42-21-18-15-12-9-6-3)71-65(68)59-56-53-50-47-44-40-23-20-17-14-11-8-5-2/h7-8,10-11,15-20,24-25,27-28,30-31,33-34,40,44,50,53,62H,4-6,9,12-14,21-23,26,29,32,35-39,41-43,45-49,51-52,54-61H2,1-3H3/b10-7-,11-8-,18-15-,19-16-,20-17-,25-24-,28-27-,31-30-,34-33-,44-40-,53-50-. The topological polar surface area (TPSA) is 78.9 Å². The number of hydrogen-bond donors (Lipinski definition) is 0. The highest BCUT2D eigenvalue weighted by Crippen LogP contribution is 2.14. The second-order valence-corrected chi connectivity index (χ2v) is 18.4. The van der Waals surface area contributed by atoms with Gasteiger partial charge in [-0.3, -0.25) is 14.4 Å². The van der Waals surface area contributed by atoms with Gasteiger partial charge in [-0.15, -0.1) is 0 Å². The molecule has 1 atom stereocenters. The molecule has 400 valence electrons. The molecule has 0 aliphatic rings. The zero-order chi connectivity index (χ0) is 51.4. The van der Waals surface area contributed by atoms with E-state index in [1.807, 2.05) is 12.2 Å². The maximum absolute atomic E-state index is 12.8. The molecular weight excluding hydrogens is 877 g/mol. The number of carbonyl (C=O) groups is 3. The lowest BCUT2D eigenvalue weighted by Gasteiger charge is -2.18. The summed E-state index contributed by atoms with van der Waals surface area (Å²) in [5.74, 6) is -1.02. The lowest BCUT2D eigenvalue weighted by Crippen LogP contribution is -2.30. The summed E-state index contributed by atoms with van der Waals surface area (Å²) >= 11 is 0. The molecule has 0 fully saturated rings. The molecule has 6 heteroatoms. The number of esters is 3. The molecule has 1 unspecified atom stereocenters. The summed E-state index contributed by atoms with van der Waals surface area (Å²) in [6.45, 7) is 6.28. The monoisotopic (exact) mass is 981 g/mol. The highest BCUT2D eigenvalue weighted by molar-refractivity contribution is 5.71. The summed E-state index contributed by atoms with van der Waals surface area (Å²) in [5.41, 5.74) is 0. The van der Waals surface area contributed by atoms with Crippen molar-refractivity contribution in [3.05, 3.63) is 134 Å². The van der Waals surface area contributed by atoms with Crippen LogP contribution in [0.15, 0.2) is 134 Å². The van der Waals surface area contributed by atoms with E-state index in [4.69, 9.17) is 14.2 Å². The molecule has 0 bridgehead atoms. The first kappa shape index (κ1) is 66.6. The molecule has 0 aromatic carbocycles. The van der Waals surface area contributed by atoms with Crippen molar-refractivity contribution in [1.82, 2.24) is 0 Å². The van der Waals surface area contributed by atoms with Gasteiger partial charge in [0.25, 0.3) is 0 Å². The Morgan fingerprint density at radius 3 is 0.930 bits per heavy atom. The summed E-state index contributed by atoms with van der Waals surface area (Å²) in [7, 11) is 0. The van der Waals surface area contributed by atoms with Gasteiger partial charge in [-0.1, -0.05) is 238 Å². The van der Waals surface area contributed by atoms with E-state index < -0.39 is 12.1 Å². The van der Waals surface area contributed by atoms with Crippen molar-refractivity contribution in [2.75, 3.05) is 13.2 Å². The molecule has 0 N–H and O–H groups in total. The Bertz CT molecular complexity index is 1550. The average molecular weight is 982 g/mol. The van der Waals surface area contributed by atoms with Crippen molar-refractivity contribution in [2.24, 2.45) is 0 Å². The zero-order valence-electron chi connectivity index (χ0n) is 45.7. The Labute approximate surface area is 436 Å². The number of allylic oxidation sites excluding steroid dienone is 22.